The van der Waals surface area contributed by atoms with Crippen LogP contribution in [-0.4, -0.2) is 46.1 Å². The van der Waals surface area contributed by atoms with Crippen LogP contribution in [0, 0.1) is 0 Å². The quantitative estimate of drug-likeness (QED) is 0.793. The van der Waals surface area contributed by atoms with Crippen molar-refractivity contribution >= 4 is 11.8 Å². The van der Waals surface area contributed by atoms with E-state index in [2.05, 4.69) is 15.5 Å². The van der Waals surface area contributed by atoms with Gasteiger partial charge in [0.15, 0.2) is 11.9 Å². The van der Waals surface area contributed by atoms with Crippen molar-refractivity contribution in [2.24, 2.45) is 0 Å². The molecule has 1 aromatic heterocycles. The van der Waals surface area contributed by atoms with Gasteiger partial charge >= 0.3 is 0 Å². The Bertz CT molecular complexity index is 777. The monoisotopic (exact) mass is 372 g/mol. The Morgan fingerprint density at radius 1 is 1.30 bits per heavy atom. The first kappa shape index (κ1) is 19.0. The third-order valence-electron chi connectivity index (χ3n) is 4.42. The van der Waals surface area contributed by atoms with Crippen LogP contribution in [0.15, 0.2) is 34.9 Å². The first-order chi connectivity index (χ1) is 13.1. The van der Waals surface area contributed by atoms with E-state index in [1.165, 1.54) is 0 Å². The zero-order chi connectivity index (χ0) is 19.2. The number of nitrogens with one attached hydrogen (secondary N) is 1. The number of aromatic nitrogens is 2. The number of hydrogen-bond acceptors (Lipinski definition) is 6. The van der Waals surface area contributed by atoms with Crippen LogP contribution < -0.4 is 5.32 Å². The molecule has 8 nitrogen and oxygen atoms in total. The summed E-state index contributed by atoms with van der Waals surface area (Å²) in [4.78, 5) is 30.9. The van der Waals surface area contributed by atoms with Crippen molar-refractivity contribution < 1.29 is 18.8 Å². The second-order valence-corrected chi connectivity index (χ2v) is 6.39. The number of benzene rings is 1. The molecule has 2 aromatic rings. The van der Waals surface area contributed by atoms with E-state index in [1.54, 1.807) is 4.90 Å². The van der Waals surface area contributed by atoms with Gasteiger partial charge in [0.05, 0.1) is 12.6 Å². The maximum atomic E-state index is 13.1. The zero-order valence-corrected chi connectivity index (χ0v) is 15.6. The molecule has 3 rings (SSSR count). The fourth-order valence-electron chi connectivity index (χ4n) is 3.05. The summed E-state index contributed by atoms with van der Waals surface area (Å²) in [5.74, 6) is 0.579. The summed E-state index contributed by atoms with van der Waals surface area (Å²) in [5, 5.41) is 6.81. The number of carbonyl (C=O) groups is 2. The van der Waals surface area contributed by atoms with Crippen LogP contribution in [0.2, 0.25) is 0 Å². The fraction of sp³-hybridized carbons (Fsp3) is 0.474. The normalized spacial score (nSPS) is 19.6. The van der Waals surface area contributed by atoms with Gasteiger partial charge in [-0.25, -0.2) is 0 Å². The molecule has 2 atom stereocenters. The van der Waals surface area contributed by atoms with Gasteiger partial charge in [0.2, 0.25) is 11.8 Å². The van der Waals surface area contributed by atoms with Crippen molar-refractivity contribution in [3.05, 3.63) is 47.6 Å². The van der Waals surface area contributed by atoms with Crippen LogP contribution in [0.4, 0.5) is 0 Å². The highest BCUT2D eigenvalue weighted by Crippen LogP contribution is 2.24. The number of carbonyl (C=O) groups excluding carboxylic acids is 2. The number of amides is 2. The molecule has 0 bridgehead atoms. The second kappa shape index (κ2) is 8.77. The number of hydrogen-bond donors (Lipinski definition) is 1. The third kappa shape index (κ3) is 4.51. The minimum Gasteiger partial charge on any atom is -0.356 e. The van der Waals surface area contributed by atoms with E-state index in [0.29, 0.717) is 24.7 Å². The van der Waals surface area contributed by atoms with E-state index in [-0.39, 0.29) is 25.0 Å². The Labute approximate surface area is 157 Å². The lowest BCUT2D eigenvalue weighted by atomic mass is 9.99. The molecular formula is C19H24N4O4. The lowest BCUT2D eigenvalue weighted by molar-refractivity contribution is -0.155. The van der Waals surface area contributed by atoms with E-state index in [9.17, 15) is 9.59 Å². The molecule has 2 amide bonds. The molecule has 1 aromatic carbocycles. The van der Waals surface area contributed by atoms with Gasteiger partial charge in [-0.3, -0.25) is 9.59 Å². The molecule has 2 heterocycles. The van der Waals surface area contributed by atoms with Gasteiger partial charge in [0, 0.05) is 13.0 Å². The highest BCUT2D eigenvalue weighted by Gasteiger charge is 2.38. The molecule has 0 saturated carbocycles. The minimum atomic E-state index is -0.799. The maximum absolute atomic E-state index is 13.1. The molecule has 0 unspecified atom stereocenters. The third-order valence-corrected chi connectivity index (χ3v) is 4.42. The van der Waals surface area contributed by atoms with Gasteiger partial charge in [0.25, 0.3) is 5.91 Å². The predicted molar refractivity (Wildman–Crippen MR) is 96.4 cm³/mol. The molecule has 27 heavy (non-hydrogen) atoms. The summed E-state index contributed by atoms with van der Waals surface area (Å²) in [6, 6.07) is 8.82. The van der Waals surface area contributed by atoms with Gasteiger partial charge in [-0.2, -0.15) is 4.98 Å². The van der Waals surface area contributed by atoms with Gasteiger partial charge in [-0.05, 0) is 18.9 Å². The number of ether oxygens (including phenoxy) is 1. The standard InChI is InChI=1S/C19H24N4O4/c1-3-8-16-20-14(22-27-16)11-23(4-2)19(25)18-17(21-15(24)12-26-18)13-9-6-5-7-10-13/h5-7,9-10,17-18H,3-4,8,11-12H2,1-2H3,(H,21,24)/t17-,18+/m1/s1. The minimum absolute atomic E-state index is 0.139. The predicted octanol–water partition coefficient (Wildman–Crippen LogP) is 1.63. The van der Waals surface area contributed by atoms with Gasteiger partial charge < -0.3 is 19.5 Å². The summed E-state index contributed by atoms with van der Waals surface area (Å²) in [7, 11) is 0. The smallest absolute Gasteiger partial charge is 0.254 e. The highest BCUT2D eigenvalue weighted by atomic mass is 16.5. The Kier molecular flexibility index (Phi) is 6.18. The van der Waals surface area contributed by atoms with Crippen LogP contribution in [0.1, 0.15) is 43.6 Å². The summed E-state index contributed by atoms with van der Waals surface area (Å²) in [6.45, 7) is 4.47. The fourth-order valence-corrected chi connectivity index (χ4v) is 3.05. The summed E-state index contributed by atoms with van der Waals surface area (Å²) in [5.41, 5.74) is 0.824. The number of aryl methyl sites for hydroxylation is 1. The van der Waals surface area contributed by atoms with Gasteiger partial charge in [0.1, 0.15) is 6.61 Å². The topological polar surface area (TPSA) is 97.6 Å². The Morgan fingerprint density at radius 3 is 2.78 bits per heavy atom. The van der Waals surface area contributed by atoms with Crippen LogP contribution in [0.3, 0.4) is 0 Å². The highest BCUT2D eigenvalue weighted by molar-refractivity contribution is 5.86. The molecule has 0 radical (unpaired) electrons. The second-order valence-electron chi connectivity index (χ2n) is 6.39. The summed E-state index contributed by atoms with van der Waals surface area (Å²) >= 11 is 0. The zero-order valence-electron chi connectivity index (χ0n) is 15.6. The number of nitrogens with zero attached hydrogens (tertiary/aromatic N) is 3. The number of likely N-dealkylation sites (N-methyl/N-ethyl adjacent to an activating group) is 1. The lowest BCUT2D eigenvalue weighted by Gasteiger charge is -2.34. The van der Waals surface area contributed by atoms with Crippen LogP contribution in [0.5, 0.6) is 0 Å². The van der Waals surface area contributed by atoms with Crippen molar-refractivity contribution in [2.45, 2.75) is 45.4 Å². The number of rotatable bonds is 7. The van der Waals surface area contributed by atoms with E-state index in [1.807, 2.05) is 44.2 Å². The van der Waals surface area contributed by atoms with Crippen molar-refractivity contribution in [1.82, 2.24) is 20.4 Å². The summed E-state index contributed by atoms with van der Waals surface area (Å²) in [6.07, 6.45) is 0.819. The molecule has 1 aliphatic rings. The molecule has 1 saturated heterocycles. The molecule has 8 heteroatoms. The van der Waals surface area contributed by atoms with E-state index >= 15 is 0 Å². The van der Waals surface area contributed by atoms with Crippen LogP contribution >= 0.6 is 0 Å². The molecule has 0 aliphatic carbocycles. The Hall–Kier alpha value is -2.74. The molecule has 144 valence electrons. The average Bonchev–Trinajstić information content (AvgIpc) is 3.13. The molecule has 1 aliphatic heterocycles. The molecule has 0 spiro atoms. The van der Waals surface area contributed by atoms with E-state index in [4.69, 9.17) is 9.26 Å². The van der Waals surface area contributed by atoms with Crippen molar-refractivity contribution in [3.63, 3.8) is 0 Å². The SMILES string of the molecule is CCCc1nc(CN(CC)C(=O)[C@H]2OCC(=O)N[C@@H]2c2ccccc2)no1. The van der Waals surface area contributed by atoms with Gasteiger partial charge in [-0.15, -0.1) is 0 Å². The first-order valence-electron chi connectivity index (χ1n) is 9.18. The Balaban J connectivity index is 1.76. The van der Waals surface area contributed by atoms with Crippen molar-refractivity contribution in [3.8, 4) is 0 Å². The van der Waals surface area contributed by atoms with Crippen molar-refractivity contribution in [2.75, 3.05) is 13.2 Å². The average molecular weight is 372 g/mol. The molecule has 1 fully saturated rings. The maximum Gasteiger partial charge on any atom is 0.254 e. The van der Waals surface area contributed by atoms with Crippen molar-refractivity contribution in [1.29, 1.82) is 0 Å². The molecular weight excluding hydrogens is 348 g/mol. The Morgan fingerprint density at radius 2 is 2.07 bits per heavy atom. The summed E-state index contributed by atoms with van der Waals surface area (Å²) < 4.78 is 10.8. The van der Waals surface area contributed by atoms with Gasteiger partial charge in [-0.1, -0.05) is 42.4 Å². The largest absolute Gasteiger partial charge is 0.356 e. The van der Waals surface area contributed by atoms with E-state index in [0.717, 1.165) is 12.0 Å². The van der Waals surface area contributed by atoms with Crippen LogP contribution in [-0.2, 0) is 27.3 Å². The number of morpholine rings is 1. The lowest BCUT2D eigenvalue weighted by Crippen LogP contribution is -2.53. The van der Waals surface area contributed by atoms with Crippen LogP contribution in [0.25, 0.3) is 0 Å². The first-order valence-corrected chi connectivity index (χ1v) is 9.18. The molecule has 1 N–H and O–H groups in total. The van der Waals surface area contributed by atoms with E-state index < -0.39 is 12.1 Å².